The van der Waals surface area contributed by atoms with Gasteiger partial charge in [-0.1, -0.05) is 24.3 Å². The SMILES string of the molecule is CCO[Si](CCCOc1ccc(/C=C/c2ccc([N+](=O)[O-])cc2)cc1)(OCC)OCC. The lowest BCUT2D eigenvalue weighted by atomic mass is 10.1. The van der Waals surface area contributed by atoms with Gasteiger partial charge in [-0.3, -0.25) is 10.1 Å². The van der Waals surface area contributed by atoms with E-state index in [2.05, 4.69) is 0 Å². The molecule has 0 saturated heterocycles. The Morgan fingerprint density at radius 1 is 0.839 bits per heavy atom. The minimum absolute atomic E-state index is 0.0855. The van der Waals surface area contributed by atoms with E-state index in [1.54, 1.807) is 12.1 Å². The maximum absolute atomic E-state index is 10.7. The Hall–Kier alpha value is -2.52. The normalized spacial score (nSPS) is 11.7. The minimum atomic E-state index is -2.62. The average molecular weight is 446 g/mol. The molecule has 2 aromatic rings. The summed E-state index contributed by atoms with van der Waals surface area (Å²) >= 11 is 0. The van der Waals surface area contributed by atoms with Crippen LogP contribution < -0.4 is 4.74 Å². The Morgan fingerprint density at radius 2 is 1.32 bits per heavy atom. The van der Waals surface area contributed by atoms with Crippen LogP contribution in [-0.2, 0) is 13.3 Å². The second-order valence-corrected chi connectivity index (χ2v) is 9.42. The van der Waals surface area contributed by atoms with Crippen molar-refractivity contribution in [3.63, 3.8) is 0 Å². The Labute approximate surface area is 185 Å². The third-order valence-electron chi connectivity index (χ3n) is 4.44. The zero-order valence-corrected chi connectivity index (χ0v) is 19.4. The molecule has 0 radical (unpaired) electrons. The van der Waals surface area contributed by atoms with Gasteiger partial charge in [0.05, 0.1) is 11.5 Å². The highest BCUT2D eigenvalue weighted by molar-refractivity contribution is 6.60. The van der Waals surface area contributed by atoms with Crippen molar-refractivity contribution in [1.82, 2.24) is 0 Å². The second kappa shape index (κ2) is 13.0. The molecule has 0 spiro atoms. The first kappa shape index (κ1) is 24.7. The smallest absolute Gasteiger partial charge is 0.494 e. The van der Waals surface area contributed by atoms with Gasteiger partial charge < -0.3 is 18.0 Å². The molecule has 0 fully saturated rings. The molecule has 0 atom stereocenters. The lowest BCUT2D eigenvalue weighted by Crippen LogP contribution is -2.46. The second-order valence-electron chi connectivity index (χ2n) is 6.69. The number of nitrogens with zero attached hydrogens (tertiary/aromatic N) is 1. The van der Waals surface area contributed by atoms with Crippen molar-refractivity contribution in [3.8, 4) is 5.75 Å². The van der Waals surface area contributed by atoms with E-state index >= 15 is 0 Å². The van der Waals surface area contributed by atoms with E-state index in [0.29, 0.717) is 26.4 Å². The molecular formula is C23H31NO6Si. The van der Waals surface area contributed by atoms with Crippen molar-refractivity contribution < 1.29 is 22.9 Å². The first-order valence-corrected chi connectivity index (χ1v) is 12.5. The van der Waals surface area contributed by atoms with Gasteiger partial charge in [0, 0.05) is 38.0 Å². The van der Waals surface area contributed by atoms with Crippen molar-refractivity contribution >= 4 is 26.6 Å². The summed E-state index contributed by atoms with van der Waals surface area (Å²) in [5, 5.41) is 10.7. The fraction of sp³-hybridized carbons (Fsp3) is 0.391. The van der Waals surface area contributed by atoms with Gasteiger partial charge in [-0.2, -0.15) is 0 Å². The number of non-ortho nitro benzene ring substituents is 1. The van der Waals surface area contributed by atoms with Gasteiger partial charge in [-0.05, 0) is 62.6 Å². The van der Waals surface area contributed by atoms with E-state index in [1.165, 1.54) is 12.1 Å². The predicted octanol–water partition coefficient (Wildman–Crippen LogP) is 5.58. The minimum Gasteiger partial charge on any atom is -0.494 e. The highest BCUT2D eigenvalue weighted by Gasteiger charge is 2.39. The number of nitro groups is 1. The fourth-order valence-electron chi connectivity index (χ4n) is 3.05. The van der Waals surface area contributed by atoms with Crippen LogP contribution in [0.15, 0.2) is 48.5 Å². The molecule has 8 heteroatoms. The number of ether oxygens (including phenoxy) is 1. The molecule has 0 amide bonds. The summed E-state index contributed by atoms with van der Waals surface area (Å²) in [4.78, 5) is 10.3. The molecule has 0 N–H and O–H groups in total. The molecule has 0 heterocycles. The molecule has 0 aliphatic heterocycles. The first-order valence-electron chi connectivity index (χ1n) is 10.6. The molecule has 2 rings (SSSR count). The van der Waals surface area contributed by atoms with Crippen LogP contribution in [0.3, 0.4) is 0 Å². The standard InChI is InChI=1S/C23H31NO6Si/c1-4-28-31(29-5-2,30-6-3)19-7-18-27-23-16-12-21(13-17-23)9-8-20-10-14-22(15-11-20)24(25)26/h8-17H,4-7,18-19H2,1-3H3/b9-8+. The Bertz CT molecular complexity index is 806. The number of hydrogen-bond donors (Lipinski definition) is 0. The topological polar surface area (TPSA) is 80.1 Å². The van der Waals surface area contributed by atoms with Gasteiger partial charge in [0.1, 0.15) is 5.75 Å². The third-order valence-corrected chi connectivity index (χ3v) is 7.59. The molecule has 0 aliphatic rings. The summed E-state index contributed by atoms with van der Waals surface area (Å²) in [6.07, 6.45) is 4.66. The van der Waals surface area contributed by atoms with Crippen LogP contribution in [0.4, 0.5) is 5.69 Å². The van der Waals surface area contributed by atoms with Crippen molar-refractivity contribution in [2.45, 2.75) is 33.2 Å². The Morgan fingerprint density at radius 3 is 1.77 bits per heavy atom. The Balaban J connectivity index is 1.84. The van der Waals surface area contributed by atoms with Gasteiger partial charge in [-0.25, -0.2) is 0 Å². The van der Waals surface area contributed by atoms with E-state index in [4.69, 9.17) is 18.0 Å². The van der Waals surface area contributed by atoms with Crippen LogP contribution in [0, 0.1) is 10.1 Å². The zero-order chi connectivity index (χ0) is 22.5. The molecule has 168 valence electrons. The molecule has 2 aromatic carbocycles. The molecule has 0 aliphatic carbocycles. The molecule has 31 heavy (non-hydrogen) atoms. The summed E-state index contributed by atoms with van der Waals surface area (Å²) < 4.78 is 23.4. The van der Waals surface area contributed by atoms with E-state index in [1.807, 2.05) is 57.2 Å². The van der Waals surface area contributed by atoms with Gasteiger partial charge >= 0.3 is 8.80 Å². The number of nitro benzene ring substituents is 1. The van der Waals surface area contributed by atoms with Crippen LogP contribution in [0.5, 0.6) is 5.75 Å². The van der Waals surface area contributed by atoms with Crippen LogP contribution in [0.25, 0.3) is 12.2 Å². The molecular weight excluding hydrogens is 414 g/mol. The highest BCUT2D eigenvalue weighted by atomic mass is 28.4. The summed E-state index contributed by atoms with van der Waals surface area (Å²) in [7, 11) is -2.62. The maximum atomic E-state index is 10.7. The van der Waals surface area contributed by atoms with Gasteiger partial charge in [0.2, 0.25) is 0 Å². The predicted molar refractivity (Wildman–Crippen MR) is 124 cm³/mol. The van der Waals surface area contributed by atoms with E-state index < -0.39 is 13.7 Å². The number of benzene rings is 2. The zero-order valence-electron chi connectivity index (χ0n) is 18.4. The van der Waals surface area contributed by atoms with Crippen LogP contribution in [0.1, 0.15) is 38.3 Å². The molecule has 0 unspecified atom stereocenters. The highest BCUT2D eigenvalue weighted by Crippen LogP contribution is 2.20. The van der Waals surface area contributed by atoms with E-state index in [-0.39, 0.29) is 5.69 Å². The summed E-state index contributed by atoms with van der Waals surface area (Å²) in [6, 6.07) is 15.0. The molecule has 0 bridgehead atoms. The van der Waals surface area contributed by atoms with Gasteiger partial charge in [-0.15, -0.1) is 0 Å². The molecule has 0 aromatic heterocycles. The monoisotopic (exact) mass is 445 g/mol. The Kier molecular flexibility index (Phi) is 10.4. The summed E-state index contributed by atoms with van der Waals surface area (Å²) in [5.74, 6) is 0.795. The van der Waals surface area contributed by atoms with Crippen LogP contribution >= 0.6 is 0 Å². The average Bonchev–Trinajstić information content (AvgIpc) is 2.77. The third kappa shape index (κ3) is 8.26. The lowest BCUT2D eigenvalue weighted by molar-refractivity contribution is -0.384. The largest absolute Gasteiger partial charge is 0.501 e. The quantitative estimate of drug-likeness (QED) is 0.124. The van der Waals surface area contributed by atoms with Gasteiger partial charge in [0.15, 0.2) is 0 Å². The number of hydrogen-bond acceptors (Lipinski definition) is 6. The van der Waals surface area contributed by atoms with Crippen molar-refractivity contribution in [2.24, 2.45) is 0 Å². The summed E-state index contributed by atoms with van der Waals surface area (Å²) in [5.41, 5.74) is 2.00. The van der Waals surface area contributed by atoms with Gasteiger partial charge in [0.25, 0.3) is 5.69 Å². The van der Waals surface area contributed by atoms with E-state index in [0.717, 1.165) is 29.3 Å². The van der Waals surface area contributed by atoms with Crippen LogP contribution in [-0.4, -0.2) is 40.2 Å². The number of rotatable bonds is 14. The van der Waals surface area contributed by atoms with Crippen molar-refractivity contribution in [2.75, 3.05) is 26.4 Å². The fourth-order valence-corrected chi connectivity index (χ4v) is 5.63. The lowest BCUT2D eigenvalue weighted by Gasteiger charge is -2.28. The van der Waals surface area contributed by atoms with Crippen molar-refractivity contribution in [1.29, 1.82) is 0 Å². The molecule has 7 nitrogen and oxygen atoms in total. The summed E-state index contributed by atoms with van der Waals surface area (Å²) in [6.45, 7) is 8.13. The maximum Gasteiger partial charge on any atom is 0.501 e. The van der Waals surface area contributed by atoms with Crippen molar-refractivity contribution in [3.05, 3.63) is 69.8 Å². The van der Waals surface area contributed by atoms with Crippen LogP contribution in [0.2, 0.25) is 6.04 Å². The molecule has 0 saturated carbocycles. The first-order chi connectivity index (χ1) is 15.0. The van der Waals surface area contributed by atoms with E-state index in [9.17, 15) is 10.1 Å².